The van der Waals surface area contributed by atoms with Gasteiger partial charge in [-0.3, -0.25) is 10.4 Å². The smallest absolute Gasteiger partial charge is 0.413 e. The molecule has 1 aromatic carbocycles. The summed E-state index contributed by atoms with van der Waals surface area (Å²) in [5, 5.41) is 13.6. The van der Waals surface area contributed by atoms with Crippen LogP contribution in [0.2, 0.25) is 10.0 Å². The van der Waals surface area contributed by atoms with Crippen molar-refractivity contribution >= 4 is 52.4 Å². The third-order valence-electron chi connectivity index (χ3n) is 7.08. The highest BCUT2D eigenvalue weighted by atomic mass is 35.5. The molecule has 0 bridgehead atoms. The summed E-state index contributed by atoms with van der Waals surface area (Å²) in [5.74, 6) is 0.818. The Kier molecular flexibility index (Phi) is 10.6. The molecule has 4 heterocycles. The Morgan fingerprint density at radius 1 is 0.960 bits per heavy atom. The molecular formula is C35H39Cl2N7O6. The topological polar surface area (TPSA) is 166 Å². The van der Waals surface area contributed by atoms with Crippen molar-refractivity contribution in [1.82, 2.24) is 30.5 Å². The number of nitrogens with zero attached hydrogens (tertiary/aromatic N) is 4. The van der Waals surface area contributed by atoms with Gasteiger partial charge in [-0.05, 0) is 91.6 Å². The van der Waals surface area contributed by atoms with Crippen LogP contribution in [0.5, 0.6) is 5.75 Å². The standard InChI is InChI=1S/C35H39Cl2N7O6/c1-18-28-31(44-43-18)38-16-26(40-28)24-15-27(30(42-33(46)50-35(6,7)8)41-29(24)23-11-12-47-19(23)2)48-17-22(39-32(45)49-34(3,4)5)13-20-9-10-21(36)14-25(20)37/h9-12,14-16,22H,13,17H2,1-8H3,(H,39,45)(H,38,43,44)(H,41,42,46)/t22-/m0/s1. The van der Waals surface area contributed by atoms with Crippen LogP contribution in [0.4, 0.5) is 15.4 Å². The first-order valence-electron chi connectivity index (χ1n) is 15.8. The SMILES string of the molecule is Cc1occc1-c1nc(NC(=O)OC(C)(C)C)c(OC[C@H](Cc2ccc(Cl)cc2Cl)NC(=O)OC(C)(C)C)cc1-c1cnc2n[nH]c(C)c2n1. The second kappa shape index (κ2) is 14.5. The van der Waals surface area contributed by atoms with Gasteiger partial charge in [0.25, 0.3) is 0 Å². The predicted octanol–water partition coefficient (Wildman–Crippen LogP) is 8.46. The molecule has 2 amide bonds. The second-order valence-electron chi connectivity index (χ2n) is 13.6. The minimum absolute atomic E-state index is 0.0627. The fourth-order valence-corrected chi connectivity index (χ4v) is 5.42. The molecule has 0 aliphatic carbocycles. The van der Waals surface area contributed by atoms with Crippen molar-refractivity contribution < 1.29 is 28.2 Å². The molecule has 0 saturated heterocycles. The van der Waals surface area contributed by atoms with Gasteiger partial charge in [0.05, 0.1) is 35.6 Å². The van der Waals surface area contributed by atoms with E-state index in [0.29, 0.717) is 49.5 Å². The third kappa shape index (κ3) is 9.21. The normalized spacial score (nSPS) is 12.4. The number of aryl methyl sites for hydroxylation is 2. The maximum atomic E-state index is 13.1. The maximum absolute atomic E-state index is 13.1. The van der Waals surface area contributed by atoms with Crippen LogP contribution in [-0.4, -0.2) is 61.2 Å². The van der Waals surface area contributed by atoms with Gasteiger partial charge in [-0.1, -0.05) is 29.3 Å². The number of aromatic amines is 1. The van der Waals surface area contributed by atoms with E-state index in [1.54, 1.807) is 91.3 Å². The average Bonchev–Trinajstić information content (AvgIpc) is 3.60. The summed E-state index contributed by atoms with van der Waals surface area (Å²) < 4.78 is 23.1. The van der Waals surface area contributed by atoms with Crippen molar-refractivity contribution in [2.45, 2.75) is 79.1 Å². The summed E-state index contributed by atoms with van der Waals surface area (Å²) >= 11 is 12.7. The summed E-state index contributed by atoms with van der Waals surface area (Å²) in [4.78, 5) is 40.2. The number of carbonyl (C=O) groups is 2. The molecule has 50 heavy (non-hydrogen) atoms. The zero-order valence-corrected chi connectivity index (χ0v) is 30.5. The summed E-state index contributed by atoms with van der Waals surface area (Å²) in [6.45, 7) is 14.1. The molecule has 15 heteroatoms. The van der Waals surface area contributed by atoms with E-state index < -0.39 is 29.4 Å². The number of nitrogens with one attached hydrogen (secondary N) is 3. The number of alkyl carbamates (subject to hydrolysis) is 1. The van der Waals surface area contributed by atoms with E-state index in [9.17, 15) is 9.59 Å². The molecule has 0 saturated carbocycles. The van der Waals surface area contributed by atoms with Crippen LogP contribution >= 0.6 is 23.2 Å². The van der Waals surface area contributed by atoms with Crippen LogP contribution in [0, 0.1) is 13.8 Å². The van der Waals surface area contributed by atoms with Crippen LogP contribution in [0.15, 0.2) is 47.2 Å². The van der Waals surface area contributed by atoms with E-state index in [0.717, 1.165) is 11.3 Å². The Morgan fingerprint density at radius 3 is 2.34 bits per heavy atom. The largest absolute Gasteiger partial charge is 0.488 e. The molecule has 0 aliphatic heterocycles. The van der Waals surface area contributed by atoms with Crippen LogP contribution in [0.25, 0.3) is 33.7 Å². The summed E-state index contributed by atoms with van der Waals surface area (Å²) in [5.41, 5.74) is 3.07. The number of amides is 2. The molecule has 4 aromatic heterocycles. The number of rotatable bonds is 9. The lowest BCUT2D eigenvalue weighted by molar-refractivity contribution is 0.0487. The first-order chi connectivity index (χ1) is 23.5. The molecule has 1 atom stereocenters. The zero-order valence-electron chi connectivity index (χ0n) is 29.0. The quantitative estimate of drug-likeness (QED) is 0.134. The highest BCUT2D eigenvalue weighted by molar-refractivity contribution is 6.35. The molecule has 0 spiro atoms. The van der Waals surface area contributed by atoms with E-state index in [1.165, 1.54) is 0 Å². The number of carbonyl (C=O) groups excluding carboxylic acids is 2. The number of furan rings is 1. The molecule has 0 fully saturated rings. The van der Waals surface area contributed by atoms with Gasteiger partial charge in [0.2, 0.25) is 0 Å². The van der Waals surface area contributed by atoms with Gasteiger partial charge in [-0.15, -0.1) is 0 Å². The van der Waals surface area contributed by atoms with E-state index in [2.05, 4.69) is 25.8 Å². The molecule has 5 aromatic rings. The fourth-order valence-electron chi connectivity index (χ4n) is 4.93. The van der Waals surface area contributed by atoms with Crippen LogP contribution in [0.1, 0.15) is 58.6 Å². The van der Waals surface area contributed by atoms with Gasteiger partial charge >= 0.3 is 12.2 Å². The van der Waals surface area contributed by atoms with Crippen molar-refractivity contribution in [3.63, 3.8) is 0 Å². The molecule has 0 radical (unpaired) electrons. The minimum Gasteiger partial charge on any atom is -0.488 e. The molecule has 264 valence electrons. The van der Waals surface area contributed by atoms with Gasteiger partial charge in [-0.2, -0.15) is 5.10 Å². The lowest BCUT2D eigenvalue weighted by Crippen LogP contribution is -2.43. The number of anilines is 1. The maximum Gasteiger partial charge on any atom is 0.413 e. The summed E-state index contributed by atoms with van der Waals surface area (Å²) in [6, 6.07) is 7.93. The van der Waals surface area contributed by atoms with E-state index in [-0.39, 0.29) is 24.6 Å². The highest BCUT2D eigenvalue weighted by Gasteiger charge is 2.26. The Morgan fingerprint density at radius 2 is 1.68 bits per heavy atom. The lowest BCUT2D eigenvalue weighted by atomic mass is 10.0. The van der Waals surface area contributed by atoms with Crippen LogP contribution < -0.4 is 15.4 Å². The van der Waals surface area contributed by atoms with Gasteiger partial charge in [0.15, 0.2) is 17.2 Å². The summed E-state index contributed by atoms with van der Waals surface area (Å²) in [6.07, 6.45) is 2.00. The molecular weight excluding hydrogens is 685 g/mol. The number of fused-ring (bicyclic) bond motifs is 1. The zero-order chi connectivity index (χ0) is 36.4. The first-order valence-corrected chi connectivity index (χ1v) is 16.5. The Balaban J connectivity index is 1.59. The van der Waals surface area contributed by atoms with Crippen LogP contribution in [-0.2, 0) is 15.9 Å². The van der Waals surface area contributed by atoms with E-state index in [1.807, 2.05) is 6.92 Å². The number of pyridine rings is 1. The number of aromatic nitrogens is 5. The van der Waals surface area contributed by atoms with Crippen molar-refractivity contribution in [2.24, 2.45) is 0 Å². The Labute approximate surface area is 299 Å². The number of hydrogen-bond acceptors (Lipinski definition) is 10. The van der Waals surface area contributed by atoms with Gasteiger partial charge in [-0.25, -0.2) is 24.5 Å². The fraction of sp³-hybridized carbons (Fsp3) is 0.371. The van der Waals surface area contributed by atoms with Crippen molar-refractivity contribution in [3.8, 4) is 28.3 Å². The van der Waals surface area contributed by atoms with Gasteiger partial charge < -0.3 is 23.9 Å². The number of halogens is 2. The van der Waals surface area contributed by atoms with Gasteiger partial charge in [0.1, 0.15) is 29.1 Å². The Hall–Kier alpha value is -4.88. The minimum atomic E-state index is -0.789. The monoisotopic (exact) mass is 723 g/mol. The van der Waals surface area contributed by atoms with Gasteiger partial charge in [0, 0.05) is 21.2 Å². The molecule has 0 unspecified atom stereocenters. The second-order valence-corrected chi connectivity index (χ2v) is 14.5. The Bertz CT molecular complexity index is 2030. The number of ether oxygens (including phenoxy) is 3. The van der Waals surface area contributed by atoms with E-state index in [4.69, 9.17) is 51.8 Å². The summed E-state index contributed by atoms with van der Waals surface area (Å²) in [7, 11) is 0. The van der Waals surface area contributed by atoms with Crippen molar-refractivity contribution in [1.29, 1.82) is 0 Å². The molecule has 5 rings (SSSR count). The lowest BCUT2D eigenvalue weighted by Gasteiger charge is -2.25. The highest BCUT2D eigenvalue weighted by Crippen LogP contribution is 2.39. The molecule has 0 aliphatic rings. The predicted molar refractivity (Wildman–Crippen MR) is 191 cm³/mol. The van der Waals surface area contributed by atoms with Crippen LogP contribution in [0.3, 0.4) is 0 Å². The molecule has 3 N–H and O–H groups in total. The van der Waals surface area contributed by atoms with Crippen molar-refractivity contribution in [3.05, 3.63) is 69.9 Å². The van der Waals surface area contributed by atoms with Crippen molar-refractivity contribution in [2.75, 3.05) is 11.9 Å². The third-order valence-corrected chi connectivity index (χ3v) is 7.66. The average molecular weight is 725 g/mol. The number of hydrogen-bond donors (Lipinski definition) is 3. The number of H-pyrrole nitrogens is 1. The number of benzene rings is 1. The first kappa shape index (κ1) is 36.4. The van der Waals surface area contributed by atoms with E-state index >= 15 is 0 Å². The molecule has 13 nitrogen and oxygen atoms in total.